The van der Waals surface area contributed by atoms with Crippen LogP contribution in [0.3, 0.4) is 0 Å². The van der Waals surface area contributed by atoms with E-state index in [4.69, 9.17) is 9.47 Å². The number of aliphatic hydroxyl groups excluding tert-OH is 1. The van der Waals surface area contributed by atoms with Gasteiger partial charge in [0.1, 0.15) is 6.61 Å². The average molecular weight is 649 g/mol. The Kier molecular flexibility index (Phi) is 36.5. The molecule has 0 radical (unpaired) electrons. The van der Waals surface area contributed by atoms with E-state index in [0.717, 1.165) is 38.5 Å². The van der Waals surface area contributed by atoms with Gasteiger partial charge in [-0.2, -0.15) is 0 Å². The lowest BCUT2D eigenvalue weighted by molar-refractivity contribution is -0.161. The molecule has 0 saturated carbocycles. The van der Waals surface area contributed by atoms with E-state index in [-0.39, 0.29) is 25.2 Å². The van der Waals surface area contributed by atoms with Gasteiger partial charge in [-0.15, -0.1) is 0 Å². The molecule has 1 N–H and O–H groups in total. The van der Waals surface area contributed by atoms with Crippen molar-refractivity contribution in [1.29, 1.82) is 0 Å². The fraction of sp³-hybridized carbons (Fsp3) is 0.854. The van der Waals surface area contributed by atoms with E-state index >= 15 is 0 Å². The SMILES string of the molecule is CCCCCCCCCCCCCCCC/C=C/CC/C=C/CCCC(=O)O[C@@H](CO)COC(=O)CCCCCCCCCCC. The fourth-order valence-electron chi connectivity index (χ4n) is 5.69. The first-order valence-electron chi connectivity index (χ1n) is 19.9. The van der Waals surface area contributed by atoms with E-state index < -0.39 is 6.10 Å². The highest BCUT2D eigenvalue weighted by molar-refractivity contribution is 5.70. The Morgan fingerprint density at radius 2 is 0.848 bits per heavy atom. The van der Waals surface area contributed by atoms with Crippen molar-refractivity contribution in [3.8, 4) is 0 Å². The highest BCUT2D eigenvalue weighted by atomic mass is 16.6. The van der Waals surface area contributed by atoms with E-state index in [2.05, 4.69) is 38.2 Å². The Morgan fingerprint density at radius 1 is 0.478 bits per heavy atom. The topological polar surface area (TPSA) is 72.8 Å². The molecule has 0 rings (SSSR count). The number of carbonyl (C=O) groups excluding carboxylic acids is 2. The number of hydrogen-bond donors (Lipinski definition) is 1. The summed E-state index contributed by atoms with van der Waals surface area (Å²) < 4.78 is 10.5. The second-order valence-corrected chi connectivity index (χ2v) is 13.4. The Bertz CT molecular complexity index is 701. The van der Waals surface area contributed by atoms with Gasteiger partial charge in [0.2, 0.25) is 0 Å². The smallest absolute Gasteiger partial charge is 0.306 e. The summed E-state index contributed by atoms with van der Waals surface area (Å²) in [5.41, 5.74) is 0. The second-order valence-electron chi connectivity index (χ2n) is 13.4. The molecular formula is C41H76O5. The molecule has 270 valence electrons. The predicted octanol–water partition coefficient (Wildman–Crippen LogP) is 12.3. The van der Waals surface area contributed by atoms with Crippen molar-refractivity contribution in [2.45, 2.75) is 213 Å². The number of esters is 2. The Balaban J connectivity index is 3.55. The van der Waals surface area contributed by atoms with Crippen LogP contribution in [0.1, 0.15) is 206 Å². The van der Waals surface area contributed by atoms with E-state index in [1.54, 1.807) is 0 Å². The van der Waals surface area contributed by atoms with E-state index in [0.29, 0.717) is 19.3 Å². The Morgan fingerprint density at radius 3 is 1.30 bits per heavy atom. The van der Waals surface area contributed by atoms with Crippen LogP contribution in [-0.2, 0) is 19.1 Å². The largest absolute Gasteiger partial charge is 0.462 e. The molecule has 0 aromatic heterocycles. The number of ether oxygens (including phenoxy) is 2. The van der Waals surface area contributed by atoms with Crippen molar-refractivity contribution in [2.24, 2.45) is 0 Å². The number of rotatable bonds is 36. The maximum atomic E-state index is 12.1. The van der Waals surface area contributed by atoms with Crippen LogP contribution in [0.25, 0.3) is 0 Å². The average Bonchev–Trinajstić information content (AvgIpc) is 3.06. The lowest BCUT2D eigenvalue weighted by atomic mass is 10.0. The standard InChI is InChI=1S/C41H76O5/c1-3-5-7-9-11-13-14-15-16-17-18-19-20-21-22-23-24-25-26-28-30-32-34-36-41(44)46-39(37-42)38-45-40(43)35-33-31-29-27-12-10-8-6-4-2/h23-24,28,30,39,42H,3-22,25-27,29,31-38H2,1-2H3/b24-23+,30-28+/t39-/m0/s1. The molecule has 0 amide bonds. The summed E-state index contributed by atoms with van der Waals surface area (Å²) in [5, 5.41) is 9.51. The van der Waals surface area contributed by atoms with Crippen molar-refractivity contribution in [1.82, 2.24) is 0 Å². The number of hydrogen-bond acceptors (Lipinski definition) is 5. The summed E-state index contributed by atoms with van der Waals surface area (Å²) >= 11 is 0. The second kappa shape index (κ2) is 37.8. The molecule has 46 heavy (non-hydrogen) atoms. The summed E-state index contributed by atoms with van der Waals surface area (Å²) in [4.78, 5) is 24.1. The van der Waals surface area contributed by atoms with E-state index in [1.807, 2.05) is 0 Å². The third-order valence-electron chi connectivity index (χ3n) is 8.73. The molecule has 0 aliphatic carbocycles. The summed E-state index contributed by atoms with van der Waals surface area (Å²) in [5.74, 6) is -0.638. The van der Waals surface area contributed by atoms with Gasteiger partial charge < -0.3 is 14.6 Å². The summed E-state index contributed by atoms with van der Waals surface area (Å²) in [6.07, 6.45) is 44.1. The van der Waals surface area contributed by atoms with Gasteiger partial charge in [0.05, 0.1) is 6.61 Å². The van der Waals surface area contributed by atoms with Gasteiger partial charge >= 0.3 is 11.9 Å². The molecular weight excluding hydrogens is 572 g/mol. The molecule has 0 heterocycles. The Labute approximate surface area is 285 Å². The predicted molar refractivity (Wildman–Crippen MR) is 196 cm³/mol. The minimum Gasteiger partial charge on any atom is -0.462 e. The normalized spacial score (nSPS) is 12.3. The molecule has 0 aliphatic heterocycles. The van der Waals surface area contributed by atoms with Gasteiger partial charge in [0.25, 0.3) is 0 Å². The highest BCUT2D eigenvalue weighted by Crippen LogP contribution is 2.14. The van der Waals surface area contributed by atoms with Gasteiger partial charge in [-0.1, -0.05) is 173 Å². The van der Waals surface area contributed by atoms with Crippen LogP contribution in [-0.4, -0.2) is 36.4 Å². The van der Waals surface area contributed by atoms with Gasteiger partial charge in [-0.05, 0) is 44.9 Å². The van der Waals surface area contributed by atoms with Crippen molar-refractivity contribution in [3.63, 3.8) is 0 Å². The maximum Gasteiger partial charge on any atom is 0.306 e. The van der Waals surface area contributed by atoms with Crippen molar-refractivity contribution >= 4 is 11.9 Å². The number of unbranched alkanes of at least 4 members (excludes halogenated alkanes) is 24. The molecule has 5 heteroatoms. The minimum atomic E-state index is -0.786. The fourth-order valence-corrected chi connectivity index (χ4v) is 5.69. The first-order chi connectivity index (χ1) is 22.6. The molecule has 0 fully saturated rings. The van der Waals surface area contributed by atoms with Crippen LogP contribution in [0.15, 0.2) is 24.3 Å². The van der Waals surface area contributed by atoms with Gasteiger partial charge in [-0.25, -0.2) is 0 Å². The molecule has 0 saturated heterocycles. The van der Waals surface area contributed by atoms with Gasteiger partial charge in [0.15, 0.2) is 6.10 Å². The van der Waals surface area contributed by atoms with E-state index in [9.17, 15) is 14.7 Å². The summed E-state index contributed by atoms with van der Waals surface area (Å²) in [6.45, 7) is 4.09. The van der Waals surface area contributed by atoms with Gasteiger partial charge in [-0.3, -0.25) is 9.59 Å². The lowest BCUT2D eigenvalue weighted by Crippen LogP contribution is -2.28. The summed E-state index contributed by atoms with van der Waals surface area (Å²) in [6, 6.07) is 0. The molecule has 0 aromatic rings. The third-order valence-corrected chi connectivity index (χ3v) is 8.73. The minimum absolute atomic E-state index is 0.0781. The number of carbonyl (C=O) groups is 2. The highest BCUT2D eigenvalue weighted by Gasteiger charge is 2.16. The van der Waals surface area contributed by atoms with Crippen molar-refractivity contribution < 1.29 is 24.2 Å². The first-order valence-corrected chi connectivity index (χ1v) is 19.9. The van der Waals surface area contributed by atoms with Crippen LogP contribution in [0, 0.1) is 0 Å². The van der Waals surface area contributed by atoms with Crippen LogP contribution in [0.2, 0.25) is 0 Å². The zero-order chi connectivity index (χ0) is 33.6. The third kappa shape index (κ3) is 35.2. The quantitative estimate of drug-likeness (QED) is 0.0416. The number of allylic oxidation sites excluding steroid dienone is 4. The molecule has 1 atom stereocenters. The summed E-state index contributed by atoms with van der Waals surface area (Å²) in [7, 11) is 0. The van der Waals surface area contributed by atoms with Gasteiger partial charge in [0, 0.05) is 12.8 Å². The van der Waals surface area contributed by atoms with Crippen molar-refractivity contribution in [2.75, 3.05) is 13.2 Å². The van der Waals surface area contributed by atoms with Crippen LogP contribution >= 0.6 is 0 Å². The molecule has 0 aromatic carbocycles. The van der Waals surface area contributed by atoms with Crippen LogP contribution < -0.4 is 0 Å². The zero-order valence-corrected chi connectivity index (χ0v) is 30.6. The lowest BCUT2D eigenvalue weighted by Gasteiger charge is -2.15. The van der Waals surface area contributed by atoms with Crippen LogP contribution in [0.5, 0.6) is 0 Å². The Hall–Kier alpha value is -1.62. The molecule has 0 bridgehead atoms. The number of aliphatic hydroxyl groups is 1. The monoisotopic (exact) mass is 649 g/mol. The maximum absolute atomic E-state index is 12.1. The van der Waals surface area contributed by atoms with Crippen LogP contribution in [0.4, 0.5) is 0 Å². The molecule has 0 aliphatic rings. The molecule has 5 nitrogen and oxygen atoms in total. The zero-order valence-electron chi connectivity index (χ0n) is 30.6. The molecule has 0 spiro atoms. The van der Waals surface area contributed by atoms with E-state index in [1.165, 1.54) is 135 Å². The first kappa shape index (κ1) is 44.4. The van der Waals surface area contributed by atoms with Crippen molar-refractivity contribution in [3.05, 3.63) is 24.3 Å². The molecule has 0 unspecified atom stereocenters.